The van der Waals surface area contributed by atoms with Crippen molar-refractivity contribution in [1.29, 1.82) is 0 Å². The SMILES string of the molecule is CCOC(=O)C(C)=C(CC)NC(=O)Nc1cc(OC(C)C)c(Cl)cc1F. The van der Waals surface area contributed by atoms with Crippen molar-refractivity contribution in [3.63, 3.8) is 0 Å². The van der Waals surface area contributed by atoms with E-state index in [9.17, 15) is 14.0 Å². The molecular weight excluding hydrogens is 363 g/mol. The van der Waals surface area contributed by atoms with Crippen molar-refractivity contribution in [3.05, 3.63) is 34.2 Å². The minimum absolute atomic E-state index is 0.0909. The largest absolute Gasteiger partial charge is 0.489 e. The van der Waals surface area contributed by atoms with Crippen LogP contribution < -0.4 is 15.4 Å². The van der Waals surface area contributed by atoms with Gasteiger partial charge in [-0.1, -0.05) is 18.5 Å². The fourth-order valence-electron chi connectivity index (χ4n) is 2.07. The molecule has 0 saturated carbocycles. The van der Waals surface area contributed by atoms with Gasteiger partial charge in [0.05, 0.1) is 29.0 Å². The van der Waals surface area contributed by atoms with Crippen LogP contribution in [0.25, 0.3) is 0 Å². The molecule has 0 fully saturated rings. The number of halogens is 2. The summed E-state index contributed by atoms with van der Waals surface area (Å²) in [5, 5.41) is 5.04. The predicted molar refractivity (Wildman–Crippen MR) is 99.0 cm³/mol. The number of anilines is 1. The van der Waals surface area contributed by atoms with E-state index in [4.69, 9.17) is 21.1 Å². The average Bonchev–Trinajstić information content (AvgIpc) is 2.56. The molecule has 0 aliphatic heterocycles. The molecule has 0 aliphatic carbocycles. The minimum atomic E-state index is -0.703. The van der Waals surface area contributed by atoms with Crippen LogP contribution >= 0.6 is 11.6 Å². The number of hydrogen-bond donors (Lipinski definition) is 2. The third-order valence-corrected chi connectivity index (χ3v) is 3.58. The van der Waals surface area contributed by atoms with Gasteiger partial charge in [0.25, 0.3) is 0 Å². The summed E-state index contributed by atoms with van der Waals surface area (Å²) in [5.41, 5.74) is 0.575. The lowest BCUT2D eigenvalue weighted by Gasteiger charge is -2.15. The lowest BCUT2D eigenvalue weighted by molar-refractivity contribution is -0.138. The highest BCUT2D eigenvalue weighted by Crippen LogP contribution is 2.31. The van der Waals surface area contributed by atoms with Gasteiger partial charge >= 0.3 is 12.0 Å². The van der Waals surface area contributed by atoms with E-state index in [1.807, 2.05) is 0 Å². The second-order valence-electron chi connectivity index (χ2n) is 5.69. The van der Waals surface area contributed by atoms with Gasteiger partial charge in [0.1, 0.15) is 11.6 Å². The molecule has 2 N–H and O–H groups in total. The molecule has 1 aromatic carbocycles. The lowest BCUT2D eigenvalue weighted by atomic mass is 10.2. The topological polar surface area (TPSA) is 76.7 Å². The summed E-state index contributed by atoms with van der Waals surface area (Å²) in [6.45, 7) is 8.85. The fraction of sp³-hybridized carbons (Fsp3) is 0.444. The Hall–Kier alpha value is -2.28. The zero-order chi connectivity index (χ0) is 19.9. The number of carbonyl (C=O) groups excluding carboxylic acids is 2. The van der Waals surface area contributed by atoms with Crippen molar-refractivity contribution in [1.82, 2.24) is 5.32 Å². The zero-order valence-electron chi connectivity index (χ0n) is 15.5. The average molecular weight is 387 g/mol. The van der Waals surface area contributed by atoms with E-state index in [-0.39, 0.29) is 34.7 Å². The number of hydrogen-bond acceptors (Lipinski definition) is 4. The number of ether oxygens (including phenoxy) is 2. The van der Waals surface area contributed by atoms with Crippen molar-refractivity contribution < 1.29 is 23.5 Å². The molecule has 0 saturated heterocycles. The van der Waals surface area contributed by atoms with Crippen LogP contribution in [0.15, 0.2) is 23.4 Å². The Morgan fingerprint density at radius 3 is 2.46 bits per heavy atom. The zero-order valence-corrected chi connectivity index (χ0v) is 16.3. The third kappa shape index (κ3) is 6.22. The van der Waals surface area contributed by atoms with Gasteiger partial charge in [0.15, 0.2) is 0 Å². The lowest BCUT2D eigenvalue weighted by Crippen LogP contribution is -2.30. The maximum Gasteiger partial charge on any atom is 0.335 e. The van der Waals surface area contributed by atoms with Gasteiger partial charge in [0.2, 0.25) is 0 Å². The van der Waals surface area contributed by atoms with Crippen LogP contribution in [0.5, 0.6) is 5.75 Å². The van der Waals surface area contributed by atoms with Crippen LogP contribution in [0.3, 0.4) is 0 Å². The summed E-state index contributed by atoms with van der Waals surface area (Å²) in [5.74, 6) is -0.965. The van der Waals surface area contributed by atoms with Crippen LogP contribution in [0.2, 0.25) is 5.02 Å². The second-order valence-corrected chi connectivity index (χ2v) is 6.09. The molecule has 0 aromatic heterocycles. The van der Waals surface area contributed by atoms with Gasteiger partial charge < -0.3 is 20.1 Å². The number of nitrogens with one attached hydrogen (secondary N) is 2. The highest BCUT2D eigenvalue weighted by Gasteiger charge is 2.16. The summed E-state index contributed by atoms with van der Waals surface area (Å²) >= 11 is 5.94. The molecule has 0 aliphatic rings. The molecule has 1 rings (SSSR count). The first-order chi connectivity index (χ1) is 12.2. The van der Waals surface area contributed by atoms with Crippen LogP contribution in [0, 0.1) is 5.82 Å². The summed E-state index contributed by atoms with van der Waals surface area (Å²) in [4.78, 5) is 24.0. The van der Waals surface area contributed by atoms with Crippen LogP contribution in [-0.2, 0) is 9.53 Å². The molecule has 0 bridgehead atoms. The van der Waals surface area contributed by atoms with Crippen molar-refractivity contribution >= 4 is 29.3 Å². The Morgan fingerprint density at radius 1 is 1.27 bits per heavy atom. The number of carbonyl (C=O) groups is 2. The van der Waals surface area contributed by atoms with Crippen LogP contribution in [0.4, 0.5) is 14.9 Å². The number of benzene rings is 1. The maximum atomic E-state index is 14.1. The van der Waals surface area contributed by atoms with E-state index in [0.29, 0.717) is 12.1 Å². The van der Waals surface area contributed by atoms with Crippen LogP contribution in [-0.4, -0.2) is 24.7 Å². The summed E-state index contributed by atoms with van der Waals surface area (Å²) < 4.78 is 24.5. The Bertz CT molecular complexity index is 705. The predicted octanol–water partition coefficient (Wildman–Crippen LogP) is 4.63. The molecule has 0 heterocycles. The van der Waals surface area contributed by atoms with E-state index in [1.54, 1.807) is 34.6 Å². The Kier molecular flexibility index (Phi) is 8.38. The minimum Gasteiger partial charge on any atom is -0.489 e. The second kappa shape index (κ2) is 10.0. The molecule has 1 aromatic rings. The summed E-state index contributed by atoms with van der Waals surface area (Å²) in [6, 6.07) is 1.68. The third-order valence-electron chi connectivity index (χ3n) is 3.28. The number of urea groups is 1. The first-order valence-corrected chi connectivity index (χ1v) is 8.67. The van der Waals surface area contributed by atoms with E-state index in [1.165, 1.54) is 6.07 Å². The van der Waals surface area contributed by atoms with Gasteiger partial charge in [-0.3, -0.25) is 0 Å². The fourth-order valence-corrected chi connectivity index (χ4v) is 2.26. The highest BCUT2D eigenvalue weighted by atomic mass is 35.5. The van der Waals surface area contributed by atoms with E-state index >= 15 is 0 Å². The quantitative estimate of drug-likeness (QED) is 0.529. The molecular formula is C18H24ClFN2O4. The van der Waals surface area contributed by atoms with Gasteiger partial charge in [-0.05, 0) is 40.2 Å². The molecule has 0 spiro atoms. The van der Waals surface area contributed by atoms with E-state index < -0.39 is 17.8 Å². The molecule has 144 valence electrons. The maximum absolute atomic E-state index is 14.1. The molecule has 0 atom stereocenters. The highest BCUT2D eigenvalue weighted by molar-refractivity contribution is 6.32. The van der Waals surface area contributed by atoms with E-state index in [0.717, 1.165) is 6.07 Å². The number of esters is 1. The number of allylic oxidation sites excluding steroid dienone is 1. The van der Waals surface area contributed by atoms with Crippen molar-refractivity contribution in [2.24, 2.45) is 0 Å². The molecule has 0 unspecified atom stereocenters. The molecule has 0 radical (unpaired) electrons. The Morgan fingerprint density at radius 2 is 1.92 bits per heavy atom. The van der Waals surface area contributed by atoms with Crippen LogP contribution in [0.1, 0.15) is 41.0 Å². The van der Waals surface area contributed by atoms with Gasteiger partial charge in [-0.2, -0.15) is 0 Å². The van der Waals surface area contributed by atoms with E-state index in [2.05, 4.69) is 10.6 Å². The molecule has 6 nitrogen and oxygen atoms in total. The normalized spacial score (nSPS) is 11.7. The first kappa shape index (κ1) is 21.8. The van der Waals surface area contributed by atoms with Crippen molar-refractivity contribution in [2.75, 3.05) is 11.9 Å². The number of amides is 2. The molecule has 26 heavy (non-hydrogen) atoms. The summed E-state index contributed by atoms with van der Waals surface area (Å²) in [6.07, 6.45) is 0.226. The monoisotopic (exact) mass is 386 g/mol. The molecule has 2 amide bonds. The summed E-state index contributed by atoms with van der Waals surface area (Å²) in [7, 11) is 0. The van der Waals surface area contributed by atoms with Gasteiger partial charge in [0, 0.05) is 11.8 Å². The molecule has 8 heteroatoms. The Balaban J connectivity index is 2.96. The van der Waals surface area contributed by atoms with Crippen molar-refractivity contribution in [2.45, 2.75) is 47.1 Å². The number of rotatable bonds is 7. The van der Waals surface area contributed by atoms with Gasteiger partial charge in [-0.25, -0.2) is 14.0 Å². The Labute approximate surface area is 157 Å². The smallest absolute Gasteiger partial charge is 0.335 e. The standard InChI is InChI=1S/C18H24ClFN2O4/c1-6-14(11(5)17(23)25-7-2)21-18(24)22-15-9-16(26-10(3)4)12(19)8-13(15)20/h8-10H,6-7H2,1-5H3,(H2,21,22,24). The first-order valence-electron chi connectivity index (χ1n) is 8.30. The van der Waals surface area contributed by atoms with Crippen molar-refractivity contribution in [3.8, 4) is 5.75 Å². The van der Waals surface area contributed by atoms with Gasteiger partial charge in [-0.15, -0.1) is 0 Å².